The maximum Gasteiger partial charge on any atom is 0.331 e. The Balaban J connectivity index is 1.96. The number of carbonyl (C=O) groups is 2. The van der Waals surface area contributed by atoms with Gasteiger partial charge in [-0.15, -0.1) is 0 Å². The molecule has 0 spiro atoms. The van der Waals surface area contributed by atoms with Gasteiger partial charge in [0.25, 0.3) is 0 Å². The summed E-state index contributed by atoms with van der Waals surface area (Å²) >= 11 is 0. The Morgan fingerprint density at radius 3 is 2.78 bits per heavy atom. The molecule has 0 amide bonds. The minimum absolute atomic E-state index is 0.237. The highest BCUT2D eigenvalue weighted by atomic mass is 16.6. The number of ether oxygens (including phenoxy) is 3. The Hall–Kier alpha value is -1.40. The number of hydrogen-bond acceptors (Lipinski definition) is 5. The molecule has 18 heavy (non-hydrogen) atoms. The highest BCUT2D eigenvalue weighted by Gasteiger charge is 2.56. The third-order valence-corrected chi connectivity index (χ3v) is 3.60. The SMILES string of the molecule is CC1CO[C@@H]2C(OC(=O)/C=C/C(=O)O)CO[C@]12C. The molecule has 1 N–H and O–H groups in total. The number of esters is 1. The number of rotatable bonds is 3. The lowest BCUT2D eigenvalue weighted by molar-refractivity contribution is -0.148. The van der Waals surface area contributed by atoms with Crippen molar-refractivity contribution < 1.29 is 28.9 Å². The predicted octanol–water partition coefficient (Wildman–Crippen LogP) is 0.363. The van der Waals surface area contributed by atoms with Crippen molar-refractivity contribution >= 4 is 11.9 Å². The number of carbonyl (C=O) groups excluding carboxylic acids is 1. The molecule has 0 aromatic rings. The molecule has 2 heterocycles. The second-order valence-corrected chi connectivity index (χ2v) is 4.80. The minimum Gasteiger partial charge on any atom is -0.478 e. The first kappa shape index (κ1) is 13.0. The van der Waals surface area contributed by atoms with Crippen LogP contribution in [0.3, 0.4) is 0 Å². The quantitative estimate of drug-likeness (QED) is 0.580. The molecular weight excluding hydrogens is 240 g/mol. The Kier molecular flexibility index (Phi) is 3.41. The number of hydrogen-bond donors (Lipinski definition) is 1. The summed E-state index contributed by atoms with van der Waals surface area (Å²) in [6, 6.07) is 0. The van der Waals surface area contributed by atoms with Gasteiger partial charge in [0, 0.05) is 18.1 Å². The fourth-order valence-electron chi connectivity index (χ4n) is 2.33. The number of carboxylic acid groups (broad SMARTS) is 1. The van der Waals surface area contributed by atoms with Crippen molar-refractivity contribution in [2.45, 2.75) is 31.7 Å². The zero-order valence-corrected chi connectivity index (χ0v) is 10.3. The first-order chi connectivity index (χ1) is 8.43. The van der Waals surface area contributed by atoms with E-state index in [0.717, 1.165) is 12.2 Å². The fraction of sp³-hybridized carbons (Fsp3) is 0.667. The smallest absolute Gasteiger partial charge is 0.331 e. The zero-order chi connectivity index (χ0) is 13.3. The lowest BCUT2D eigenvalue weighted by Gasteiger charge is -2.26. The average Bonchev–Trinajstić information content (AvgIpc) is 2.76. The molecule has 6 nitrogen and oxygen atoms in total. The van der Waals surface area contributed by atoms with E-state index in [1.165, 1.54) is 0 Å². The van der Waals surface area contributed by atoms with Gasteiger partial charge in [-0.2, -0.15) is 0 Å². The Morgan fingerprint density at radius 2 is 2.11 bits per heavy atom. The third kappa shape index (κ3) is 2.26. The lowest BCUT2D eigenvalue weighted by Crippen LogP contribution is -2.41. The molecule has 0 aromatic heterocycles. The standard InChI is InChI=1S/C12H16O6/c1-7-5-16-11-8(6-17-12(7,11)2)18-10(15)4-3-9(13)14/h3-4,7-8,11H,5-6H2,1-2H3,(H,13,14)/b4-3+/t7?,8?,11-,12-/m1/s1. The monoisotopic (exact) mass is 256 g/mol. The van der Waals surface area contributed by atoms with Crippen LogP contribution in [0.5, 0.6) is 0 Å². The van der Waals surface area contributed by atoms with E-state index in [-0.39, 0.29) is 18.6 Å². The molecule has 2 fully saturated rings. The molecule has 2 aliphatic heterocycles. The molecule has 0 aromatic carbocycles. The zero-order valence-electron chi connectivity index (χ0n) is 10.3. The van der Waals surface area contributed by atoms with Crippen LogP contribution >= 0.6 is 0 Å². The number of fused-ring (bicyclic) bond motifs is 1. The van der Waals surface area contributed by atoms with Gasteiger partial charge in [-0.3, -0.25) is 0 Å². The number of carboxylic acids is 1. The van der Waals surface area contributed by atoms with Crippen LogP contribution in [0.4, 0.5) is 0 Å². The summed E-state index contributed by atoms with van der Waals surface area (Å²) in [5, 5.41) is 8.41. The van der Waals surface area contributed by atoms with Crippen molar-refractivity contribution in [2.75, 3.05) is 13.2 Å². The van der Waals surface area contributed by atoms with Crippen molar-refractivity contribution in [1.82, 2.24) is 0 Å². The molecule has 2 saturated heterocycles. The first-order valence-electron chi connectivity index (χ1n) is 5.80. The van der Waals surface area contributed by atoms with Crippen molar-refractivity contribution in [2.24, 2.45) is 5.92 Å². The van der Waals surface area contributed by atoms with E-state index in [1.54, 1.807) is 0 Å². The van der Waals surface area contributed by atoms with Gasteiger partial charge in [0.15, 0.2) is 6.10 Å². The van der Waals surface area contributed by atoms with Crippen LogP contribution < -0.4 is 0 Å². The normalized spacial score (nSPS) is 38.9. The maximum atomic E-state index is 11.4. The molecule has 0 aliphatic carbocycles. The molecule has 4 atom stereocenters. The molecule has 0 radical (unpaired) electrons. The summed E-state index contributed by atoms with van der Waals surface area (Å²) < 4.78 is 16.4. The van der Waals surface area contributed by atoms with E-state index in [1.807, 2.05) is 13.8 Å². The number of aliphatic carboxylic acids is 1. The van der Waals surface area contributed by atoms with E-state index < -0.39 is 23.6 Å². The molecule has 0 bridgehead atoms. The van der Waals surface area contributed by atoms with Crippen LogP contribution in [0.1, 0.15) is 13.8 Å². The fourth-order valence-corrected chi connectivity index (χ4v) is 2.33. The molecule has 100 valence electrons. The summed E-state index contributed by atoms with van der Waals surface area (Å²) in [5.41, 5.74) is -0.429. The summed E-state index contributed by atoms with van der Waals surface area (Å²) in [5.74, 6) is -1.65. The van der Waals surface area contributed by atoms with E-state index in [4.69, 9.17) is 19.3 Å². The second kappa shape index (κ2) is 4.70. The molecule has 6 heteroatoms. The second-order valence-electron chi connectivity index (χ2n) is 4.80. The Labute approximate surface area is 105 Å². The van der Waals surface area contributed by atoms with Gasteiger partial charge in [-0.25, -0.2) is 9.59 Å². The van der Waals surface area contributed by atoms with Gasteiger partial charge in [-0.1, -0.05) is 6.92 Å². The average molecular weight is 256 g/mol. The largest absolute Gasteiger partial charge is 0.478 e. The minimum atomic E-state index is -1.19. The van der Waals surface area contributed by atoms with Crippen molar-refractivity contribution in [3.8, 4) is 0 Å². The highest BCUT2D eigenvalue weighted by molar-refractivity contribution is 5.90. The van der Waals surface area contributed by atoms with Crippen molar-refractivity contribution in [1.29, 1.82) is 0 Å². The van der Waals surface area contributed by atoms with E-state index >= 15 is 0 Å². The van der Waals surface area contributed by atoms with Crippen LogP contribution in [0.2, 0.25) is 0 Å². The predicted molar refractivity (Wildman–Crippen MR) is 59.9 cm³/mol. The highest BCUT2D eigenvalue weighted by Crippen LogP contribution is 2.41. The van der Waals surface area contributed by atoms with Crippen LogP contribution in [0, 0.1) is 5.92 Å². The Morgan fingerprint density at radius 1 is 1.39 bits per heavy atom. The molecule has 2 unspecified atom stereocenters. The summed E-state index contributed by atoms with van der Waals surface area (Å²) in [7, 11) is 0. The van der Waals surface area contributed by atoms with Crippen LogP contribution in [0.15, 0.2) is 12.2 Å². The van der Waals surface area contributed by atoms with Crippen LogP contribution in [-0.4, -0.2) is 48.1 Å². The Bertz CT molecular complexity index is 390. The van der Waals surface area contributed by atoms with Gasteiger partial charge in [-0.05, 0) is 6.92 Å². The van der Waals surface area contributed by atoms with Gasteiger partial charge in [0.05, 0.1) is 13.2 Å². The van der Waals surface area contributed by atoms with Gasteiger partial charge >= 0.3 is 11.9 Å². The van der Waals surface area contributed by atoms with Crippen LogP contribution in [0.25, 0.3) is 0 Å². The van der Waals surface area contributed by atoms with Gasteiger partial charge in [0.1, 0.15) is 11.7 Å². The summed E-state index contributed by atoms with van der Waals surface area (Å²) in [6.07, 6.45) is 0.867. The van der Waals surface area contributed by atoms with E-state index in [9.17, 15) is 9.59 Å². The topological polar surface area (TPSA) is 82.1 Å². The molecular formula is C12H16O6. The van der Waals surface area contributed by atoms with Crippen molar-refractivity contribution in [3.05, 3.63) is 12.2 Å². The summed E-state index contributed by atoms with van der Waals surface area (Å²) in [4.78, 5) is 21.7. The van der Waals surface area contributed by atoms with E-state index in [2.05, 4.69) is 0 Å². The molecule has 2 rings (SSSR count). The van der Waals surface area contributed by atoms with E-state index in [0.29, 0.717) is 6.61 Å². The van der Waals surface area contributed by atoms with Crippen LogP contribution in [-0.2, 0) is 23.8 Å². The molecule has 2 aliphatic rings. The maximum absolute atomic E-state index is 11.4. The van der Waals surface area contributed by atoms with Gasteiger partial charge in [0.2, 0.25) is 0 Å². The molecule has 0 saturated carbocycles. The summed E-state index contributed by atoms with van der Waals surface area (Å²) in [6.45, 7) is 4.81. The third-order valence-electron chi connectivity index (χ3n) is 3.60. The van der Waals surface area contributed by atoms with Crippen molar-refractivity contribution in [3.63, 3.8) is 0 Å². The first-order valence-corrected chi connectivity index (χ1v) is 5.80. The van der Waals surface area contributed by atoms with Gasteiger partial charge < -0.3 is 19.3 Å². The lowest BCUT2D eigenvalue weighted by atomic mass is 9.88.